The van der Waals surface area contributed by atoms with Gasteiger partial charge >= 0.3 is 0 Å². The van der Waals surface area contributed by atoms with Crippen molar-refractivity contribution in [1.82, 2.24) is 14.8 Å². The molecule has 2 heterocycles. The lowest BCUT2D eigenvalue weighted by molar-refractivity contribution is -0.120. The van der Waals surface area contributed by atoms with E-state index in [1.54, 1.807) is 6.07 Å². The first-order valence-electron chi connectivity index (χ1n) is 10.6. The Morgan fingerprint density at radius 3 is 2.73 bits per heavy atom. The predicted octanol–water partition coefficient (Wildman–Crippen LogP) is 4.16. The molecule has 1 amide bonds. The number of hydrogen-bond acceptors (Lipinski definition) is 7. The smallest absolute Gasteiger partial charge is 0.251 e. The zero-order chi connectivity index (χ0) is 23.3. The number of nitrogens with one attached hydrogen (secondary N) is 1. The maximum absolute atomic E-state index is 13.4. The fourth-order valence-corrected chi connectivity index (χ4v) is 7.04. The van der Waals surface area contributed by atoms with Crippen LogP contribution in [0.3, 0.4) is 0 Å². The number of carbonyl (C=O) groups excluding carboxylic acids is 2. The van der Waals surface area contributed by atoms with Crippen molar-refractivity contribution in [3.05, 3.63) is 34.7 Å². The average molecular weight is 511 g/mol. The number of carbonyl (C=O) groups is 2. The Bertz CT molecular complexity index is 1370. The van der Waals surface area contributed by atoms with E-state index in [4.69, 9.17) is 11.6 Å². The number of aromatic nitrogens is 3. The third kappa shape index (κ3) is 4.41. The highest BCUT2D eigenvalue weighted by molar-refractivity contribution is 7.92. The third-order valence-electron chi connectivity index (χ3n) is 6.12. The van der Waals surface area contributed by atoms with E-state index in [0.717, 1.165) is 6.20 Å². The highest BCUT2D eigenvalue weighted by Gasteiger charge is 2.39. The largest absolute Gasteiger partial charge is 0.300 e. The maximum atomic E-state index is 13.4. The average Bonchev–Trinajstić information content (AvgIpc) is 3.26. The lowest BCUT2D eigenvalue weighted by Crippen LogP contribution is -2.28. The Kier molecular flexibility index (Phi) is 5.74. The van der Waals surface area contributed by atoms with Crippen LogP contribution >= 0.6 is 22.9 Å². The summed E-state index contributed by atoms with van der Waals surface area (Å²) in [4.78, 5) is 29.0. The van der Waals surface area contributed by atoms with Crippen LogP contribution < -0.4 is 5.32 Å². The number of nitrogens with zero attached hydrogens (tertiary/aromatic N) is 3. The Morgan fingerprint density at radius 2 is 2.09 bits per heavy atom. The minimum Gasteiger partial charge on any atom is -0.300 e. The molecule has 1 N–H and O–H groups in total. The topological polar surface area (TPSA) is 111 Å². The van der Waals surface area contributed by atoms with Gasteiger partial charge in [0.05, 0.1) is 28.1 Å². The van der Waals surface area contributed by atoms with Crippen LogP contribution in [0.1, 0.15) is 44.6 Å². The van der Waals surface area contributed by atoms with Crippen molar-refractivity contribution in [1.29, 1.82) is 0 Å². The number of sulfone groups is 1. The summed E-state index contributed by atoms with van der Waals surface area (Å²) in [7, 11) is -3.56. The van der Waals surface area contributed by atoms with Crippen molar-refractivity contribution in [3.8, 4) is 0 Å². The Balaban J connectivity index is 1.56. The predicted molar refractivity (Wildman–Crippen MR) is 122 cm³/mol. The van der Waals surface area contributed by atoms with Crippen LogP contribution in [-0.2, 0) is 19.4 Å². The van der Waals surface area contributed by atoms with Crippen molar-refractivity contribution in [2.75, 3.05) is 5.32 Å². The van der Waals surface area contributed by atoms with Gasteiger partial charge in [-0.3, -0.25) is 14.3 Å². The molecule has 2 atom stereocenters. The van der Waals surface area contributed by atoms with Crippen LogP contribution in [0.5, 0.6) is 0 Å². The van der Waals surface area contributed by atoms with Gasteiger partial charge in [0.25, 0.3) is 5.91 Å². The van der Waals surface area contributed by atoms with Crippen LogP contribution in [0.2, 0.25) is 5.02 Å². The minimum atomic E-state index is -3.56. The van der Waals surface area contributed by atoms with E-state index in [1.807, 2.05) is 0 Å². The van der Waals surface area contributed by atoms with Gasteiger partial charge < -0.3 is 5.32 Å². The minimum absolute atomic E-state index is 0.0191. The van der Waals surface area contributed by atoms with Crippen molar-refractivity contribution in [2.45, 2.75) is 54.7 Å². The first-order valence-corrected chi connectivity index (χ1v) is 13.3. The molecular formula is C21H20ClFN4O4S2. The molecule has 174 valence electrons. The Labute approximate surface area is 198 Å². The van der Waals surface area contributed by atoms with Crippen LogP contribution in [0.15, 0.2) is 29.4 Å². The van der Waals surface area contributed by atoms with Crippen molar-refractivity contribution in [2.24, 2.45) is 5.92 Å². The van der Waals surface area contributed by atoms with Gasteiger partial charge in [-0.2, -0.15) is 9.49 Å². The van der Waals surface area contributed by atoms with E-state index in [1.165, 1.54) is 16.9 Å². The second kappa shape index (κ2) is 8.44. The molecule has 33 heavy (non-hydrogen) atoms. The fourth-order valence-electron chi connectivity index (χ4n) is 4.35. The van der Waals surface area contributed by atoms with E-state index in [9.17, 15) is 22.4 Å². The molecule has 0 aliphatic heterocycles. The van der Waals surface area contributed by atoms with Crippen molar-refractivity contribution >= 4 is 60.5 Å². The van der Waals surface area contributed by atoms with Crippen LogP contribution in [0.4, 0.5) is 9.52 Å². The number of hydrogen-bond donors (Lipinski definition) is 1. The third-order valence-corrected chi connectivity index (χ3v) is 9.34. The van der Waals surface area contributed by atoms with Gasteiger partial charge in [-0.25, -0.2) is 13.4 Å². The molecule has 2 fully saturated rings. The summed E-state index contributed by atoms with van der Waals surface area (Å²) >= 11 is 6.99. The summed E-state index contributed by atoms with van der Waals surface area (Å²) in [5.74, 6) is -0.345. The standard InChI is InChI=1S/C21H20ClFN4O4S2/c22-12-7-16-15(18(8-12)33(30,31)14-3-4-14)9-25-27(16)17(6-11-1-2-13(28)5-11)20(29)26-21-24-10-19(23)32-21/h7-11,14,17H,1-6H2,(H,24,26,29)/t11-,17+/m0/s1. The highest BCUT2D eigenvalue weighted by Crippen LogP contribution is 2.39. The summed E-state index contributed by atoms with van der Waals surface area (Å²) in [5, 5.41) is 6.76. The van der Waals surface area contributed by atoms with Crippen LogP contribution in [0, 0.1) is 11.0 Å². The van der Waals surface area contributed by atoms with E-state index >= 15 is 0 Å². The molecule has 2 saturated carbocycles. The molecule has 0 radical (unpaired) electrons. The molecule has 5 rings (SSSR count). The number of halogens is 2. The van der Waals surface area contributed by atoms with E-state index in [0.29, 0.717) is 60.8 Å². The number of benzene rings is 1. The van der Waals surface area contributed by atoms with Gasteiger partial charge in [0.1, 0.15) is 11.8 Å². The number of ketones is 1. The number of thiazole rings is 1. The number of Topliss-reactive ketones (excluding diaryl/α,β-unsaturated/α-hetero) is 1. The molecule has 8 nitrogen and oxygen atoms in total. The molecule has 12 heteroatoms. The summed E-state index contributed by atoms with van der Waals surface area (Å²) in [6, 6.07) is 2.14. The summed E-state index contributed by atoms with van der Waals surface area (Å²) in [6.45, 7) is 0. The molecule has 3 aromatic rings. The molecule has 0 saturated heterocycles. The molecule has 0 spiro atoms. The van der Waals surface area contributed by atoms with E-state index < -0.39 is 32.2 Å². The molecular weight excluding hydrogens is 491 g/mol. The number of fused-ring (bicyclic) bond motifs is 1. The van der Waals surface area contributed by atoms with E-state index in [2.05, 4.69) is 15.4 Å². The zero-order valence-corrected chi connectivity index (χ0v) is 19.7. The van der Waals surface area contributed by atoms with Gasteiger partial charge in [0.15, 0.2) is 20.1 Å². The summed E-state index contributed by atoms with van der Waals surface area (Å²) in [6.07, 6.45) is 5.48. The molecule has 2 aromatic heterocycles. The Hall–Kier alpha value is -2.37. The molecule has 0 bridgehead atoms. The van der Waals surface area contributed by atoms with Crippen LogP contribution in [-0.4, -0.2) is 40.1 Å². The number of anilines is 1. The normalized spacial score (nSPS) is 19.8. The van der Waals surface area contributed by atoms with Gasteiger partial charge in [0.2, 0.25) is 0 Å². The second-order valence-electron chi connectivity index (χ2n) is 8.53. The van der Waals surface area contributed by atoms with Gasteiger partial charge in [-0.15, -0.1) is 0 Å². The first-order chi connectivity index (χ1) is 15.7. The van der Waals surface area contributed by atoms with Gasteiger partial charge in [0, 0.05) is 23.3 Å². The summed E-state index contributed by atoms with van der Waals surface area (Å²) < 4.78 is 40.8. The summed E-state index contributed by atoms with van der Waals surface area (Å²) in [5.41, 5.74) is 0.413. The Morgan fingerprint density at radius 1 is 1.30 bits per heavy atom. The molecule has 1 aromatic carbocycles. The van der Waals surface area contributed by atoms with Crippen molar-refractivity contribution in [3.63, 3.8) is 0 Å². The monoisotopic (exact) mass is 510 g/mol. The molecule has 2 aliphatic rings. The lowest BCUT2D eigenvalue weighted by Gasteiger charge is -2.21. The fraction of sp³-hybridized carbons (Fsp3) is 0.429. The maximum Gasteiger partial charge on any atom is 0.251 e. The molecule has 2 aliphatic carbocycles. The van der Waals surface area contributed by atoms with E-state index in [-0.39, 0.29) is 26.8 Å². The lowest BCUT2D eigenvalue weighted by atomic mass is 9.97. The van der Waals surface area contributed by atoms with Gasteiger partial charge in [-0.1, -0.05) is 22.9 Å². The van der Waals surface area contributed by atoms with Gasteiger partial charge in [-0.05, 0) is 43.7 Å². The highest BCUT2D eigenvalue weighted by atomic mass is 35.5. The molecule has 0 unspecified atom stereocenters. The number of amides is 1. The SMILES string of the molecule is O=C1CC[C@H](C[C@H](C(=O)Nc2ncc(F)s2)n2ncc3c(S(=O)(=O)C4CC4)cc(Cl)cc32)C1. The number of rotatable bonds is 7. The quantitative estimate of drug-likeness (QED) is 0.511. The zero-order valence-electron chi connectivity index (χ0n) is 17.3. The van der Waals surface area contributed by atoms with Crippen LogP contribution in [0.25, 0.3) is 10.9 Å². The first kappa shape index (κ1) is 22.4. The van der Waals surface area contributed by atoms with Crippen molar-refractivity contribution < 1.29 is 22.4 Å². The second-order valence-corrected chi connectivity index (χ2v) is 12.1.